The average molecular weight is 298 g/mol. The molecule has 112 valence electrons. The van der Waals surface area contributed by atoms with Gasteiger partial charge in [-0.3, -0.25) is 0 Å². The molecule has 20 heavy (non-hydrogen) atoms. The highest BCUT2D eigenvalue weighted by atomic mass is 35.5. The number of rotatable bonds is 5. The second kappa shape index (κ2) is 7.42. The first-order valence-electron chi connectivity index (χ1n) is 7.74. The lowest BCUT2D eigenvalue weighted by molar-refractivity contribution is 0.184. The summed E-state index contributed by atoms with van der Waals surface area (Å²) in [6.45, 7) is 6.59. The molecule has 0 bridgehead atoms. The molecule has 0 amide bonds. The van der Waals surface area contributed by atoms with E-state index in [-0.39, 0.29) is 10.8 Å². The zero-order valence-electron chi connectivity index (χ0n) is 12.5. The third-order valence-electron chi connectivity index (χ3n) is 4.54. The van der Waals surface area contributed by atoms with E-state index >= 15 is 0 Å². The molecule has 3 unspecified atom stereocenters. The Morgan fingerprint density at radius 3 is 2.80 bits per heavy atom. The first-order chi connectivity index (χ1) is 9.60. The van der Waals surface area contributed by atoms with Crippen LogP contribution in [0.4, 0.5) is 4.39 Å². The summed E-state index contributed by atoms with van der Waals surface area (Å²) in [6, 6.07) is 5.25. The van der Waals surface area contributed by atoms with E-state index in [4.69, 9.17) is 11.6 Å². The van der Waals surface area contributed by atoms with Crippen molar-refractivity contribution in [2.75, 3.05) is 13.1 Å². The zero-order chi connectivity index (χ0) is 14.5. The van der Waals surface area contributed by atoms with Gasteiger partial charge in [-0.05, 0) is 67.8 Å². The summed E-state index contributed by atoms with van der Waals surface area (Å²) in [4.78, 5) is 0. The third-order valence-corrected chi connectivity index (χ3v) is 4.85. The van der Waals surface area contributed by atoms with E-state index in [2.05, 4.69) is 19.2 Å². The summed E-state index contributed by atoms with van der Waals surface area (Å²) in [5, 5.41) is 3.69. The largest absolute Gasteiger partial charge is 0.317 e. The predicted octanol–water partition coefficient (Wildman–Crippen LogP) is 4.68. The molecular weight excluding hydrogens is 273 g/mol. The van der Waals surface area contributed by atoms with Gasteiger partial charge in [0, 0.05) is 0 Å². The van der Waals surface area contributed by atoms with Crippen molar-refractivity contribution in [3.63, 3.8) is 0 Å². The molecule has 0 heterocycles. The highest BCUT2D eigenvalue weighted by Gasteiger charge is 2.28. The summed E-state index contributed by atoms with van der Waals surface area (Å²) in [6.07, 6.45) is 4.82. The summed E-state index contributed by atoms with van der Waals surface area (Å²) in [7, 11) is 0. The molecule has 1 aromatic rings. The van der Waals surface area contributed by atoms with E-state index in [1.54, 1.807) is 12.1 Å². The second-order valence-electron chi connectivity index (χ2n) is 6.20. The van der Waals surface area contributed by atoms with Crippen LogP contribution < -0.4 is 5.32 Å². The van der Waals surface area contributed by atoms with Crippen LogP contribution in [0.25, 0.3) is 0 Å². The Hall–Kier alpha value is -0.600. The SMILES string of the molecule is CCNCC1CCC(C)CC1Cc1ccc(Cl)c(F)c1. The molecule has 1 aliphatic rings. The fourth-order valence-electron chi connectivity index (χ4n) is 3.38. The first-order valence-corrected chi connectivity index (χ1v) is 8.12. The molecule has 0 spiro atoms. The van der Waals surface area contributed by atoms with Gasteiger partial charge in [0.05, 0.1) is 5.02 Å². The van der Waals surface area contributed by atoms with Crippen molar-refractivity contribution < 1.29 is 4.39 Å². The van der Waals surface area contributed by atoms with E-state index in [0.717, 1.165) is 31.0 Å². The van der Waals surface area contributed by atoms with Crippen molar-refractivity contribution in [1.82, 2.24) is 5.32 Å². The minimum absolute atomic E-state index is 0.218. The molecule has 1 aliphatic carbocycles. The van der Waals surface area contributed by atoms with E-state index < -0.39 is 0 Å². The Kier molecular flexibility index (Phi) is 5.86. The quantitative estimate of drug-likeness (QED) is 0.832. The van der Waals surface area contributed by atoms with Gasteiger partial charge in [0.25, 0.3) is 0 Å². The summed E-state index contributed by atoms with van der Waals surface area (Å²) < 4.78 is 13.6. The molecule has 3 heteroatoms. The summed E-state index contributed by atoms with van der Waals surface area (Å²) in [5.41, 5.74) is 1.08. The summed E-state index contributed by atoms with van der Waals surface area (Å²) in [5.74, 6) is 1.86. The topological polar surface area (TPSA) is 12.0 Å². The van der Waals surface area contributed by atoms with Crippen molar-refractivity contribution in [1.29, 1.82) is 0 Å². The lowest BCUT2D eigenvalue weighted by Crippen LogP contribution is -2.33. The molecule has 1 nitrogen and oxygen atoms in total. The lowest BCUT2D eigenvalue weighted by Gasteiger charge is -2.35. The zero-order valence-corrected chi connectivity index (χ0v) is 13.2. The van der Waals surface area contributed by atoms with Crippen LogP contribution in [-0.4, -0.2) is 13.1 Å². The van der Waals surface area contributed by atoms with E-state index in [0.29, 0.717) is 11.8 Å². The van der Waals surface area contributed by atoms with Crippen molar-refractivity contribution in [2.45, 2.75) is 39.5 Å². The molecule has 1 N–H and O–H groups in total. The first kappa shape index (κ1) is 15.8. The molecular formula is C17H25ClFN. The van der Waals surface area contributed by atoms with E-state index in [1.165, 1.54) is 19.3 Å². The van der Waals surface area contributed by atoms with Gasteiger partial charge in [-0.15, -0.1) is 0 Å². The van der Waals surface area contributed by atoms with E-state index in [1.807, 2.05) is 6.07 Å². The van der Waals surface area contributed by atoms with Gasteiger partial charge in [0.15, 0.2) is 0 Å². The smallest absolute Gasteiger partial charge is 0.142 e. The van der Waals surface area contributed by atoms with Crippen LogP contribution in [0.1, 0.15) is 38.7 Å². The maximum atomic E-state index is 13.6. The number of hydrogen-bond acceptors (Lipinski definition) is 1. The third kappa shape index (κ3) is 4.20. The standard InChI is InChI=1S/C17H25ClFN/c1-3-20-11-14-6-4-12(2)8-15(14)9-13-5-7-16(18)17(19)10-13/h5,7,10,12,14-15,20H,3-4,6,8-9,11H2,1-2H3. The van der Waals surface area contributed by atoms with Gasteiger partial charge in [0.1, 0.15) is 5.82 Å². The van der Waals surface area contributed by atoms with Crippen molar-refractivity contribution in [2.24, 2.45) is 17.8 Å². The number of hydrogen-bond donors (Lipinski definition) is 1. The molecule has 1 fully saturated rings. The number of halogens is 2. The van der Waals surface area contributed by atoms with Crippen LogP contribution in [0.2, 0.25) is 5.02 Å². The van der Waals surface area contributed by atoms with Gasteiger partial charge in [-0.25, -0.2) is 4.39 Å². The van der Waals surface area contributed by atoms with Crippen molar-refractivity contribution in [3.05, 3.63) is 34.6 Å². The Morgan fingerprint density at radius 2 is 2.10 bits per heavy atom. The van der Waals surface area contributed by atoms with Crippen LogP contribution in [0.5, 0.6) is 0 Å². The Labute approximate surface area is 126 Å². The van der Waals surface area contributed by atoms with Gasteiger partial charge in [-0.2, -0.15) is 0 Å². The molecule has 0 aliphatic heterocycles. The van der Waals surface area contributed by atoms with Gasteiger partial charge in [-0.1, -0.05) is 37.9 Å². The Morgan fingerprint density at radius 1 is 1.30 bits per heavy atom. The minimum Gasteiger partial charge on any atom is -0.317 e. The molecule has 2 rings (SSSR count). The minimum atomic E-state index is -0.295. The maximum absolute atomic E-state index is 13.6. The Bertz CT molecular complexity index is 433. The van der Waals surface area contributed by atoms with Gasteiger partial charge < -0.3 is 5.32 Å². The normalized spacial score (nSPS) is 26.7. The average Bonchev–Trinajstić information content (AvgIpc) is 2.42. The molecule has 0 radical (unpaired) electrons. The molecule has 1 aromatic carbocycles. The predicted molar refractivity (Wildman–Crippen MR) is 83.7 cm³/mol. The fraction of sp³-hybridized carbons (Fsp3) is 0.647. The van der Waals surface area contributed by atoms with Crippen molar-refractivity contribution >= 4 is 11.6 Å². The van der Waals surface area contributed by atoms with Crippen LogP contribution in [0.15, 0.2) is 18.2 Å². The number of benzene rings is 1. The van der Waals surface area contributed by atoms with Crippen LogP contribution >= 0.6 is 11.6 Å². The second-order valence-corrected chi connectivity index (χ2v) is 6.61. The van der Waals surface area contributed by atoms with Gasteiger partial charge >= 0.3 is 0 Å². The molecule has 0 aromatic heterocycles. The monoisotopic (exact) mass is 297 g/mol. The lowest BCUT2D eigenvalue weighted by atomic mass is 9.72. The van der Waals surface area contributed by atoms with Crippen LogP contribution in [0, 0.1) is 23.6 Å². The van der Waals surface area contributed by atoms with Gasteiger partial charge in [0.2, 0.25) is 0 Å². The maximum Gasteiger partial charge on any atom is 0.142 e. The Balaban J connectivity index is 2.04. The van der Waals surface area contributed by atoms with E-state index in [9.17, 15) is 4.39 Å². The number of nitrogens with one attached hydrogen (secondary N) is 1. The van der Waals surface area contributed by atoms with Crippen LogP contribution in [-0.2, 0) is 6.42 Å². The highest BCUT2D eigenvalue weighted by molar-refractivity contribution is 6.30. The molecule has 3 atom stereocenters. The van der Waals surface area contributed by atoms with Crippen LogP contribution in [0.3, 0.4) is 0 Å². The fourth-order valence-corrected chi connectivity index (χ4v) is 3.50. The molecule has 1 saturated carbocycles. The molecule has 0 saturated heterocycles. The summed E-state index contributed by atoms with van der Waals surface area (Å²) >= 11 is 5.76. The van der Waals surface area contributed by atoms with Crippen molar-refractivity contribution in [3.8, 4) is 0 Å². The highest BCUT2D eigenvalue weighted by Crippen LogP contribution is 2.35.